The van der Waals surface area contributed by atoms with Crippen LogP contribution < -0.4 is 0 Å². The average molecular weight is 326 g/mol. The van der Waals surface area contributed by atoms with Crippen LogP contribution in [-0.4, -0.2) is 40.4 Å². The van der Waals surface area contributed by atoms with E-state index in [0.29, 0.717) is 18.0 Å². The number of carbonyl (C=O) groups is 1. The fourth-order valence-corrected chi connectivity index (χ4v) is 2.78. The Bertz CT molecular complexity index is 510. The van der Waals surface area contributed by atoms with Gasteiger partial charge in [-0.2, -0.15) is 0 Å². The molecule has 1 N–H and O–H groups in total. The molecule has 0 spiro atoms. The fourth-order valence-electron chi connectivity index (χ4n) is 2.66. The van der Waals surface area contributed by atoms with E-state index >= 15 is 0 Å². The van der Waals surface area contributed by atoms with Crippen LogP contribution in [0.15, 0.2) is 24.3 Å². The normalized spacial score (nSPS) is 22.5. The second-order valence-corrected chi connectivity index (χ2v) is 7.28. The van der Waals surface area contributed by atoms with Crippen molar-refractivity contribution in [2.24, 2.45) is 0 Å². The van der Waals surface area contributed by atoms with E-state index < -0.39 is 11.7 Å². The molecular formula is C17H24ClNO3. The van der Waals surface area contributed by atoms with Crippen LogP contribution >= 0.6 is 11.6 Å². The highest BCUT2D eigenvalue weighted by atomic mass is 35.5. The molecule has 0 aliphatic carbocycles. The molecule has 1 aliphatic heterocycles. The maximum atomic E-state index is 12.4. The second kappa shape index (κ2) is 6.88. The lowest BCUT2D eigenvalue weighted by Gasteiger charge is -2.38. The number of β-amino-alcohol motifs (C(OH)–C–C–N with tert-alkyl or cyclic N) is 1. The van der Waals surface area contributed by atoms with Crippen molar-refractivity contribution in [2.45, 2.75) is 57.8 Å². The SMILES string of the molecule is CC(C)(C)OC(=O)N1C[C@H](O)CC[C@@H]1Cc1ccc(Cl)cc1. The summed E-state index contributed by atoms with van der Waals surface area (Å²) in [5.74, 6) is 0. The van der Waals surface area contributed by atoms with Gasteiger partial charge in [0.15, 0.2) is 0 Å². The fraction of sp³-hybridized carbons (Fsp3) is 0.588. The van der Waals surface area contributed by atoms with Crippen LogP contribution in [0.3, 0.4) is 0 Å². The third-order valence-corrected chi connectivity index (χ3v) is 3.95. The minimum absolute atomic E-state index is 0.0411. The summed E-state index contributed by atoms with van der Waals surface area (Å²) in [6.07, 6.45) is 1.38. The zero-order valence-electron chi connectivity index (χ0n) is 13.4. The Morgan fingerprint density at radius 1 is 1.32 bits per heavy atom. The number of piperidine rings is 1. The van der Waals surface area contributed by atoms with E-state index in [9.17, 15) is 9.90 Å². The van der Waals surface area contributed by atoms with Crippen LogP contribution in [0.2, 0.25) is 5.02 Å². The first-order valence-corrected chi connectivity index (χ1v) is 8.04. The van der Waals surface area contributed by atoms with E-state index in [0.717, 1.165) is 18.4 Å². The van der Waals surface area contributed by atoms with Crippen molar-refractivity contribution in [1.82, 2.24) is 4.90 Å². The molecule has 2 rings (SSSR count). The Hall–Kier alpha value is -1.26. The largest absolute Gasteiger partial charge is 0.444 e. The Morgan fingerprint density at radius 3 is 2.55 bits per heavy atom. The zero-order valence-corrected chi connectivity index (χ0v) is 14.1. The number of hydrogen-bond donors (Lipinski definition) is 1. The highest BCUT2D eigenvalue weighted by molar-refractivity contribution is 6.30. The van der Waals surface area contributed by atoms with Crippen LogP contribution in [0.5, 0.6) is 0 Å². The van der Waals surface area contributed by atoms with E-state index in [-0.39, 0.29) is 12.1 Å². The maximum absolute atomic E-state index is 12.4. The summed E-state index contributed by atoms with van der Waals surface area (Å²) in [6.45, 7) is 5.87. The first kappa shape index (κ1) is 17.1. The highest BCUT2D eigenvalue weighted by Gasteiger charge is 2.33. The van der Waals surface area contributed by atoms with Gasteiger partial charge < -0.3 is 14.7 Å². The number of amides is 1. The molecule has 0 saturated carbocycles. The lowest BCUT2D eigenvalue weighted by Crippen LogP contribution is -2.51. The number of carbonyl (C=O) groups excluding carboxylic acids is 1. The van der Waals surface area contributed by atoms with E-state index in [1.165, 1.54) is 0 Å². The van der Waals surface area contributed by atoms with Crippen molar-refractivity contribution < 1.29 is 14.6 Å². The van der Waals surface area contributed by atoms with Crippen LogP contribution in [0, 0.1) is 0 Å². The van der Waals surface area contributed by atoms with Gasteiger partial charge in [-0.3, -0.25) is 0 Å². The number of aliphatic hydroxyl groups is 1. The molecule has 122 valence electrons. The van der Waals surface area contributed by atoms with Gasteiger partial charge in [-0.05, 0) is 57.7 Å². The monoisotopic (exact) mass is 325 g/mol. The molecule has 0 aromatic heterocycles. The van der Waals surface area contributed by atoms with Gasteiger partial charge in [0.2, 0.25) is 0 Å². The molecule has 1 aliphatic rings. The third kappa shape index (κ3) is 4.89. The maximum Gasteiger partial charge on any atom is 0.410 e. The van der Waals surface area contributed by atoms with Crippen molar-refractivity contribution in [3.8, 4) is 0 Å². The molecule has 1 aromatic carbocycles. The number of likely N-dealkylation sites (tertiary alicyclic amines) is 1. The number of rotatable bonds is 2. The first-order chi connectivity index (χ1) is 10.2. The van der Waals surface area contributed by atoms with E-state index in [4.69, 9.17) is 16.3 Å². The smallest absolute Gasteiger partial charge is 0.410 e. The summed E-state index contributed by atoms with van der Waals surface area (Å²) in [7, 11) is 0. The van der Waals surface area contributed by atoms with E-state index in [1.54, 1.807) is 4.90 Å². The molecule has 1 aromatic rings. The predicted octanol–water partition coefficient (Wildman–Crippen LogP) is 3.64. The first-order valence-electron chi connectivity index (χ1n) is 7.67. The van der Waals surface area contributed by atoms with Gasteiger partial charge in [0.05, 0.1) is 12.6 Å². The summed E-state index contributed by atoms with van der Waals surface area (Å²) in [4.78, 5) is 14.0. The molecule has 0 bridgehead atoms. The van der Waals surface area contributed by atoms with Gasteiger partial charge in [0, 0.05) is 11.1 Å². The van der Waals surface area contributed by atoms with Crippen LogP contribution in [-0.2, 0) is 11.2 Å². The number of benzene rings is 1. The molecule has 0 radical (unpaired) electrons. The molecule has 1 saturated heterocycles. The van der Waals surface area contributed by atoms with Gasteiger partial charge in [0.1, 0.15) is 5.60 Å². The summed E-state index contributed by atoms with van der Waals surface area (Å²) in [5.41, 5.74) is 0.587. The topological polar surface area (TPSA) is 49.8 Å². The summed E-state index contributed by atoms with van der Waals surface area (Å²) in [6, 6.07) is 7.69. The lowest BCUT2D eigenvalue weighted by molar-refractivity contribution is -0.0127. The molecular weight excluding hydrogens is 302 g/mol. The summed E-state index contributed by atoms with van der Waals surface area (Å²) in [5, 5.41) is 10.6. The Labute approximate surface area is 137 Å². The van der Waals surface area contributed by atoms with E-state index in [1.807, 2.05) is 45.0 Å². The summed E-state index contributed by atoms with van der Waals surface area (Å²) >= 11 is 5.91. The third-order valence-electron chi connectivity index (χ3n) is 3.69. The minimum Gasteiger partial charge on any atom is -0.444 e. The Kier molecular flexibility index (Phi) is 5.35. The summed E-state index contributed by atoms with van der Waals surface area (Å²) < 4.78 is 5.47. The molecule has 1 amide bonds. The average Bonchev–Trinajstić information content (AvgIpc) is 2.41. The number of hydrogen-bond acceptors (Lipinski definition) is 3. The number of aliphatic hydroxyl groups excluding tert-OH is 1. The molecule has 2 atom stereocenters. The standard InChI is InChI=1S/C17H24ClNO3/c1-17(2,3)22-16(21)19-11-15(20)9-8-14(19)10-12-4-6-13(18)7-5-12/h4-7,14-15,20H,8-11H2,1-3H3/t14-,15-/m1/s1. The molecule has 1 fully saturated rings. The van der Waals surface area contributed by atoms with Crippen LogP contribution in [0.25, 0.3) is 0 Å². The number of halogens is 1. The van der Waals surface area contributed by atoms with Crippen LogP contribution in [0.1, 0.15) is 39.2 Å². The molecule has 5 heteroatoms. The van der Waals surface area contributed by atoms with Crippen molar-refractivity contribution >= 4 is 17.7 Å². The van der Waals surface area contributed by atoms with Gasteiger partial charge >= 0.3 is 6.09 Å². The number of ether oxygens (including phenoxy) is 1. The van der Waals surface area contributed by atoms with Gasteiger partial charge in [-0.15, -0.1) is 0 Å². The van der Waals surface area contributed by atoms with Crippen molar-refractivity contribution in [3.05, 3.63) is 34.9 Å². The highest BCUT2D eigenvalue weighted by Crippen LogP contribution is 2.24. The number of nitrogens with zero attached hydrogens (tertiary/aromatic N) is 1. The predicted molar refractivity (Wildman–Crippen MR) is 87.1 cm³/mol. The molecule has 22 heavy (non-hydrogen) atoms. The lowest BCUT2D eigenvalue weighted by atomic mass is 9.95. The van der Waals surface area contributed by atoms with Gasteiger partial charge in [-0.25, -0.2) is 4.79 Å². The van der Waals surface area contributed by atoms with Crippen LogP contribution in [0.4, 0.5) is 4.79 Å². The molecule has 1 heterocycles. The van der Waals surface area contributed by atoms with Gasteiger partial charge in [-0.1, -0.05) is 23.7 Å². The van der Waals surface area contributed by atoms with Crippen molar-refractivity contribution in [2.75, 3.05) is 6.54 Å². The van der Waals surface area contributed by atoms with E-state index in [2.05, 4.69) is 0 Å². The molecule has 4 nitrogen and oxygen atoms in total. The minimum atomic E-state index is -0.537. The van der Waals surface area contributed by atoms with Gasteiger partial charge in [0.25, 0.3) is 0 Å². The van der Waals surface area contributed by atoms with Crippen molar-refractivity contribution in [1.29, 1.82) is 0 Å². The zero-order chi connectivity index (χ0) is 16.3. The quantitative estimate of drug-likeness (QED) is 0.903. The second-order valence-electron chi connectivity index (χ2n) is 6.85. The Balaban J connectivity index is 2.09. The van der Waals surface area contributed by atoms with Crippen molar-refractivity contribution in [3.63, 3.8) is 0 Å². The molecule has 0 unspecified atom stereocenters. The Morgan fingerprint density at radius 2 is 1.95 bits per heavy atom.